The molecular weight excluding hydrogens is 417 g/mol. The first-order valence-corrected chi connectivity index (χ1v) is 9.66. The van der Waals surface area contributed by atoms with E-state index in [1.165, 1.54) is 37.7 Å². The van der Waals surface area contributed by atoms with Crippen LogP contribution in [0.5, 0.6) is 0 Å². The number of benzene rings is 1. The normalized spacial score (nSPS) is 30.3. The summed E-state index contributed by atoms with van der Waals surface area (Å²) in [5, 5.41) is 8.05. The SMILES string of the molecule is CN=C(NC1CCCC(SC)C1)NC1CC1c1ccccc1.I. The molecule has 5 heteroatoms. The van der Waals surface area contributed by atoms with Crippen molar-refractivity contribution in [3.63, 3.8) is 0 Å². The Morgan fingerprint density at radius 2 is 1.91 bits per heavy atom. The molecule has 2 N–H and O–H groups in total. The second-order valence-electron chi connectivity index (χ2n) is 6.44. The van der Waals surface area contributed by atoms with Gasteiger partial charge in [-0.25, -0.2) is 0 Å². The van der Waals surface area contributed by atoms with Gasteiger partial charge < -0.3 is 10.6 Å². The van der Waals surface area contributed by atoms with E-state index in [4.69, 9.17) is 0 Å². The van der Waals surface area contributed by atoms with Gasteiger partial charge in [0.2, 0.25) is 0 Å². The van der Waals surface area contributed by atoms with Crippen LogP contribution in [-0.2, 0) is 0 Å². The molecule has 0 spiro atoms. The quantitative estimate of drug-likeness (QED) is 0.418. The Morgan fingerprint density at radius 1 is 1.13 bits per heavy atom. The highest BCUT2D eigenvalue weighted by Crippen LogP contribution is 2.40. The molecule has 1 aromatic carbocycles. The third kappa shape index (κ3) is 5.28. The van der Waals surface area contributed by atoms with Crippen LogP contribution < -0.4 is 10.6 Å². The minimum absolute atomic E-state index is 0. The minimum atomic E-state index is 0. The zero-order valence-corrected chi connectivity index (χ0v) is 17.1. The summed E-state index contributed by atoms with van der Waals surface area (Å²) in [5.41, 5.74) is 1.44. The van der Waals surface area contributed by atoms with E-state index in [0.29, 0.717) is 18.0 Å². The minimum Gasteiger partial charge on any atom is -0.354 e. The standard InChI is InChI=1S/C18H27N3S.HI/c1-19-18(20-14-9-6-10-15(11-14)22-2)21-17-12-16(17)13-7-4-3-5-8-13;/h3-5,7-8,14-17H,6,9-12H2,1-2H3,(H2,19,20,21);1H. The summed E-state index contributed by atoms with van der Waals surface area (Å²) in [5.74, 6) is 1.63. The van der Waals surface area contributed by atoms with Crippen LogP contribution in [0.1, 0.15) is 43.6 Å². The molecule has 0 heterocycles. The molecule has 0 bridgehead atoms. The van der Waals surface area contributed by atoms with Crippen molar-refractivity contribution < 1.29 is 0 Å². The molecule has 0 aliphatic heterocycles. The molecule has 2 saturated carbocycles. The number of hydrogen-bond acceptors (Lipinski definition) is 2. The third-order valence-corrected chi connectivity index (χ3v) is 5.96. The van der Waals surface area contributed by atoms with E-state index in [-0.39, 0.29) is 24.0 Å². The number of nitrogens with zero attached hydrogens (tertiary/aromatic N) is 1. The molecule has 0 radical (unpaired) electrons. The molecule has 3 nitrogen and oxygen atoms in total. The fourth-order valence-electron chi connectivity index (χ4n) is 3.45. The Hall–Kier alpha value is -0.430. The maximum atomic E-state index is 4.43. The number of nitrogens with one attached hydrogen (secondary N) is 2. The molecule has 2 fully saturated rings. The Balaban J connectivity index is 0.00000192. The Labute approximate surface area is 161 Å². The van der Waals surface area contributed by atoms with Crippen LogP contribution >= 0.6 is 35.7 Å². The summed E-state index contributed by atoms with van der Waals surface area (Å²) in [6, 6.07) is 11.9. The van der Waals surface area contributed by atoms with Crippen molar-refractivity contribution in [2.45, 2.75) is 55.4 Å². The summed E-state index contributed by atoms with van der Waals surface area (Å²) in [7, 11) is 1.88. The lowest BCUT2D eigenvalue weighted by molar-refractivity contribution is 0.419. The fourth-order valence-corrected chi connectivity index (χ4v) is 4.28. The van der Waals surface area contributed by atoms with Gasteiger partial charge in [-0.15, -0.1) is 24.0 Å². The van der Waals surface area contributed by atoms with Crippen molar-refractivity contribution in [3.05, 3.63) is 35.9 Å². The van der Waals surface area contributed by atoms with Gasteiger partial charge in [0.15, 0.2) is 5.96 Å². The van der Waals surface area contributed by atoms with Crippen molar-refractivity contribution in [1.82, 2.24) is 10.6 Å². The summed E-state index contributed by atoms with van der Waals surface area (Å²) in [4.78, 5) is 4.43. The highest BCUT2D eigenvalue weighted by molar-refractivity contribution is 14.0. The number of aliphatic imine (C=N–C) groups is 1. The van der Waals surface area contributed by atoms with Crippen molar-refractivity contribution >= 4 is 41.7 Å². The van der Waals surface area contributed by atoms with E-state index in [1.807, 2.05) is 18.8 Å². The van der Waals surface area contributed by atoms with E-state index >= 15 is 0 Å². The van der Waals surface area contributed by atoms with Gasteiger partial charge >= 0.3 is 0 Å². The van der Waals surface area contributed by atoms with E-state index in [2.05, 4.69) is 52.2 Å². The van der Waals surface area contributed by atoms with Crippen molar-refractivity contribution in [1.29, 1.82) is 0 Å². The maximum absolute atomic E-state index is 4.43. The number of guanidine groups is 1. The third-order valence-electron chi connectivity index (χ3n) is 4.86. The maximum Gasteiger partial charge on any atom is 0.191 e. The zero-order valence-electron chi connectivity index (χ0n) is 14.0. The monoisotopic (exact) mass is 445 g/mol. The lowest BCUT2D eigenvalue weighted by atomic mass is 9.95. The van der Waals surface area contributed by atoms with E-state index in [9.17, 15) is 0 Å². The Bertz CT molecular complexity index is 508. The van der Waals surface area contributed by atoms with Crippen molar-refractivity contribution in [2.24, 2.45) is 4.99 Å². The predicted octanol–water partition coefficient (Wildman–Crippen LogP) is 4.00. The van der Waals surface area contributed by atoms with Gasteiger partial charge in [-0.05, 0) is 37.5 Å². The van der Waals surface area contributed by atoms with Crippen LogP contribution in [0.4, 0.5) is 0 Å². The van der Waals surface area contributed by atoms with Gasteiger partial charge in [0.05, 0.1) is 0 Å². The molecule has 0 aromatic heterocycles. The van der Waals surface area contributed by atoms with Crippen LogP contribution in [0.15, 0.2) is 35.3 Å². The molecule has 128 valence electrons. The fraction of sp³-hybridized carbons (Fsp3) is 0.611. The first-order valence-electron chi connectivity index (χ1n) is 8.37. The highest BCUT2D eigenvalue weighted by atomic mass is 127. The number of hydrogen-bond donors (Lipinski definition) is 2. The second-order valence-corrected chi connectivity index (χ2v) is 7.58. The van der Waals surface area contributed by atoms with Crippen LogP contribution in [-0.4, -0.2) is 36.6 Å². The van der Waals surface area contributed by atoms with Crippen LogP contribution in [0.2, 0.25) is 0 Å². The second kappa shape index (κ2) is 9.16. The molecule has 23 heavy (non-hydrogen) atoms. The lowest BCUT2D eigenvalue weighted by Gasteiger charge is -2.30. The smallest absolute Gasteiger partial charge is 0.191 e. The number of halogens is 1. The van der Waals surface area contributed by atoms with E-state index in [0.717, 1.165) is 11.2 Å². The molecule has 0 amide bonds. The molecule has 4 unspecified atom stereocenters. The Morgan fingerprint density at radius 3 is 2.61 bits per heavy atom. The van der Waals surface area contributed by atoms with Gasteiger partial charge in [-0.2, -0.15) is 11.8 Å². The largest absolute Gasteiger partial charge is 0.354 e. The topological polar surface area (TPSA) is 36.4 Å². The molecule has 2 aliphatic rings. The van der Waals surface area contributed by atoms with Gasteiger partial charge in [0.25, 0.3) is 0 Å². The molecule has 2 aliphatic carbocycles. The first-order chi connectivity index (χ1) is 10.8. The van der Waals surface area contributed by atoms with Crippen LogP contribution in [0.3, 0.4) is 0 Å². The predicted molar refractivity (Wildman–Crippen MR) is 112 cm³/mol. The summed E-state index contributed by atoms with van der Waals surface area (Å²) >= 11 is 2.01. The van der Waals surface area contributed by atoms with Crippen LogP contribution in [0.25, 0.3) is 0 Å². The van der Waals surface area contributed by atoms with Crippen LogP contribution in [0, 0.1) is 0 Å². The number of thioether (sulfide) groups is 1. The molecule has 1 aromatic rings. The van der Waals surface area contributed by atoms with Crippen molar-refractivity contribution in [3.8, 4) is 0 Å². The lowest BCUT2D eigenvalue weighted by Crippen LogP contribution is -2.46. The van der Waals surface area contributed by atoms with E-state index in [1.54, 1.807) is 0 Å². The Kier molecular flexibility index (Phi) is 7.53. The molecule has 4 atom stereocenters. The van der Waals surface area contributed by atoms with E-state index < -0.39 is 0 Å². The summed E-state index contributed by atoms with van der Waals surface area (Å²) < 4.78 is 0. The number of rotatable bonds is 4. The average Bonchev–Trinajstić information content (AvgIpc) is 3.34. The molecule has 3 rings (SSSR count). The zero-order chi connectivity index (χ0) is 15.4. The highest BCUT2D eigenvalue weighted by Gasteiger charge is 2.39. The van der Waals surface area contributed by atoms with Gasteiger partial charge in [-0.1, -0.05) is 36.8 Å². The van der Waals surface area contributed by atoms with Crippen molar-refractivity contribution in [2.75, 3.05) is 13.3 Å². The summed E-state index contributed by atoms with van der Waals surface area (Å²) in [6.07, 6.45) is 8.66. The first kappa shape index (κ1) is 18.9. The van der Waals surface area contributed by atoms with Gasteiger partial charge in [-0.3, -0.25) is 4.99 Å². The van der Waals surface area contributed by atoms with Gasteiger partial charge in [0, 0.05) is 30.3 Å². The van der Waals surface area contributed by atoms with Gasteiger partial charge in [0.1, 0.15) is 0 Å². The molecule has 0 saturated heterocycles. The molecular formula is C18H28IN3S. The average molecular weight is 445 g/mol. The summed E-state index contributed by atoms with van der Waals surface area (Å²) in [6.45, 7) is 0.